The smallest absolute Gasteiger partial charge is 0.191 e. The number of para-hydroxylation sites is 1. The van der Waals surface area contributed by atoms with Crippen LogP contribution in [-0.4, -0.2) is 30.1 Å². The summed E-state index contributed by atoms with van der Waals surface area (Å²) in [5.74, 6) is 0.968. The third kappa shape index (κ3) is 3.87. The molecule has 3 N–H and O–H groups in total. The Balaban J connectivity index is 1.63. The lowest BCUT2D eigenvalue weighted by atomic mass is 10.1. The second kappa shape index (κ2) is 7.53. The zero-order valence-corrected chi connectivity index (χ0v) is 14.3. The molecule has 1 heterocycles. The molecule has 0 aliphatic heterocycles. The molecular weight excluding hydrogens is 284 g/mol. The fourth-order valence-electron chi connectivity index (χ4n) is 3.44. The Kier molecular flexibility index (Phi) is 5.21. The fourth-order valence-corrected chi connectivity index (χ4v) is 3.44. The van der Waals surface area contributed by atoms with Gasteiger partial charge in [0.2, 0.25) is 0 Å². The average molecular weight is 312 g/mol. The van der Waals surface area contributed by atoms with Crippen LogP contribution >= 0.6 is 0 Å². The number of benzene rings is 1. The summed E-state index contributed by atoms with van der Waals surface area (Å²) in [6.07, 6.45) is 8.31. The number of guanidine groups is 1. The first kappa shape index (κ1) is 15.9. The summed E-state index contributed by atoms with van der Waals surface area (Å²) in [6, 6.07) is 7.07. The molecule has 2 aromatic rings. The SMILES string of the molecule is CCNC(=NCCc1c[nH]c2c(C)cccc12)NC1CCCC1. The van der Waals surface area contributed by atoms with Gasteiger partial charge in [-0.25, -0.2) is 0 Å². The van der Waals surface area contributed by atoms with Gasteiger partial charge in [0.1, 0.15) is 0 Å². The lowest BCUT2D eigenvalue weighted by molar-refractivity contribution is 0.614. The molecular formula is C19H28N4. The van der Waals surface area contributed by atoms with E-state index in [-0.39, 0.29) is 0 Å². The monoisotopic (exact) mass is 312 g/mol. The first-order valence-corrected chi connectivity index (χ1v) is 8.88. The summed E-state index contributed by atoms with van der Waals surface area (Å²) >= 11 is 0. The minimum Gasteiger partial charge on any atom is -0.361 e. The van der Waals surface area contributed by atoms with Crippen molar-refractivity contribution in [2.24, 2.45) is 4.99 Å². The van der Waals surface area contributed by atoms with Crippen LogP contribution in [0.15, 0.2) is 29.4 Å². The normalized spacial score (nSPS) is 16.2. The Morgan fingerprint density at radius 1 is 1.30 bits per heavy atom. The van der Waals surface area contributed by atoms with E-state index in [0.717, 1.165) is 25.5 Å². The molecule has 0 atom stereocenters. The van der Waals surface area contributed by atoms with E-state index in [1.807, 2.05) is 0 Å². The molecule has 124 valence electrons. The minimum atomic E-state index is 0.600. The van der Waals surface area contributed by atoms with Gasteiger partial charge in [0.05, 0.1) is 0 Å². The summed E-state index contributed by atoms with van der Waals surface area (Å²) in [6.45, 7) is 5.98. The van der Waals surface area contributed by atoms with Crippen LogP contribution < -0.4 is 10.6 Å². The standard InChI is InChI=1S/C19H28N4/c1-3-20-19(23-16-8-4-5-9-16)21-12-11-15-13-22-18-14(2)7-6-10-17(15)18/h6-7,10,13,16,22H,3-5,8-9,11-12H2,1-2H3,(H2,20,21,23). The largest absolute Gasteiger partial charge is 0.361 e. The van der Waals surface area contributed by atoms with Crippen molar-refractivity contribution in [2.75, 3.05) is 13.1 Å². The number of hydrogen-bond donors (Lipinski definition) is 3. The number of aromatic amines is 1. The quantitative estimate of drug-likeness (QED) is 0.584. The van der Waals surface area contributed by atoms with Gasteiger partial charge in [-0.2, -0.15) is 0 Å². The van der Waals surface area contributed by atoms with Crippen LogP contribution in [0.2, 0.25) is 0 Å². The third-order valence-electron chi connectivity index (χ3n) is 4.70. The Morgan fingerprint density at radius 3 is 2.91 bits per heavy atom. The maximum absolute atomic E-state index is 4.76. The Hall–Kier alpha value is -1.97. The van der Waals surface area contributed by atoms with E-state index in [1.165, 1.54) is 47.7 Å². The molecule has 23 heavy (non-hydrogen) atoms. The van der Waals surface area contributed by atoms with Gasteiger partial charge in [-0.1, -0.05) is 31.0 Å². The molecule has 1 aliphatic carbocycles. The molecule has 0 bridgehead atoms. The molecule has 0 radical (unpaired) electrons. The second-order valence-electron chi connectivity index (χ2n) is 6.45. The van der Waals surface area contributed by atoms with E-state index < -0.39 is 0 Å². The summed E-state index contributed by atoms with van der Waals surface area (Å²) in [5, 5.41) is 8.27. The average Bonchev–Trinajstić information content (AvgIpc) is 3.18. The van der Waals surface area contributed by atoms with Gasteiger partial charge in [-0.3, -0.25) is 4.99 Å². The highest BCUT2D eigenvalue weighted by Crippen LogP contribution is 2.21. The number of hydrogen-bond acceptors (Lipinski definition) is 1. The van der Waals surface area contributed by atoms with Crippen LogP contribution in [0.1, 0.15) is 43.7 Å². The molecule has 1 aliphatic rings. The molecule has 1 aromatic heterocycles. The van der Waals surface area contributed by atoms with E-state index >= 15 is 0 Å². The molecule has 1 aromatic carbocycles. The first-order chi connectivity index (χ1) is 11.3. The van der Waals surface area contributed by atoms with Gasteiger partial charge >= 0.3 is 0 Å². The molecule has 0 spiro atoms. The van der Waals surface area contributed by atoms with Crippen LogP contribution in [0.3, 0.4) is 0 Å². The molecule has 3 rings (SSSR count). The number of aliphatic imine (C=N–C) groups is 1. The van der Waals surface area contributed by atoms with Gasteiger partial charge in [0.15, 0.2) is 5.96 Å². The predicted molar refractivity (Wildman–Crippen MR) is 98.1 cm³/mol. The molecule has 4 heteroatoms. The van der Waals surface area contributed by atoms with Crippen molar-refractivity contribution in [3.05, 3.63) is 35.5 Å². The maximum atomic E-state index is 4.76. The molecule has 0 amide bonds. The van der Waals surface area contributed by atoms with Gasteiger partial charge in [0.25, 0.3) is 0 Å². The molecule has 0 unspecified atom stereocenters. The van der Waals surface area contributed by atoms with E-state index in [9.17, 15) is 0 Å². The summed E-state index contributed by atoms with van der Waals surface area (Å²) in [4.78, 5) is 8.16. The van der Waals surface area contributed by atoms with E-state index in [0.29, 0.717) is 6.04 Å². The van der Waals surface area contributed by atoms with Crippen LogP contribution in [0.25, 0.3) is 10.9 Å². The van der Waals surface area contributed by atoms with Crippen LogP contribution in [0, 0.1) is 6.92 Å². The number of H-pyrrole nitrogens is 1. The summed E-state index contributed by atoms with van der Waals surface area (Å²) in [5.41, 5.74) is 3.90. The third-order valence-corrected chi connectivity index (χ3v) is 4.70. The highest BCUT2D eigenvalue weighted by molar-refractivity contribution is 5.86. The number of nitrogens with zero attached hydrogens (tertiary/aromatic N) is 1. The van der Waals surface area contributed by atoms with Crippen molar-refractivity contribution in [3.63, 3.8) is 0 Å². The van der Waals surface area contributed by atoms with E-state index in [1.54, 1.807) is 0 Å². The Morgan fingerprint density at radius 2 is 2.13 bits per heavy atom. The number of rotatable bonds is 5. The molecule has 0 saturated heterocycles. The van der Waals surface area contributed by atoms with Gasteiger partial charge in [-0.15, -0.1) is 0 Å². The number of nitrogens with one attached hydrogen (secondary N) is 3. The van der Waals surface area contributed by atoms with Gasteiger partial charge in [-0.05, 0) is 44.2 Å². The lowest BCUT2D eigenvalue weighted by Gasteiger charge is -2.16. The van der Waals surface area contributed by atoms with Gasteiger partial charge in [0, 0.05) is 36.2 Å². The highest BCUT2D eigenvalue weighted by Gasteiger charge is 2.15. The maximum Gasteiger partial charge on any atom is 0.191 e. The van der Waals surface area contributed by atoms with Crippen molar-refractivity contribution in [3.8, 4) is 0 Å². The fraction of sp³-hybridized carbons (Fsp3) is 0.526. The number of aromatic nitrogens is 1. The van der Waals surface area contributed by atoms with Crippen LogP contribution in [0.5, 0.6) is 0 Å². The summed E-state index contributed by atoms with van der Waals surface area (Å²) < 4.78 is 0. The first-order valence-electron chi connectivity index (χ1n) is 8.88. The number of fused-ring (bicyclic) bond motifs is 1. The summed E-state index contributed by atoms with van der Waals surface area (Å²) in [7, 11) is 0. The van der Waals surface area contributed by atoms with E-state index in [2.05, 4.69) is 53.9 Å². The van der Waals surface area contributed by atoms with Crippen LogP contribution in [0.4, 0.5) is 0 Å². The van der Waals surface area contributed by atoms with E-state index in [4.69, 9.17) is 4.99 Å². The topological polar surface area (TPSA) is 52.2 Å². The zero-order valence-electron chi connectivity index (χ0n) is 14.3. The predicted octanol–water partition coefficient (Wildman–Crippen LogP) is 3.52. The van der Waals surface area contributed by atoms with Crippen molar-refractivity contribution >= 4 is 16.9 Å². The van der Waals surface area contributed by atoms with Crippen LogP contribution in [-0.2, 0) is 6.42 Å². The lowest BCUT2D eigenvalue weighted by Crippen LogP contribution is -2.42. The highest BCUT2D eigenvalue weighted by atomic mass is 15.2. The second-order valence-corrected chi connectivity index (χ2v) is 6.45. The van der Waals surface area contributed by atoms with Crippen molar-refractivity contribution in [1.82, 2.24) is 15.6 Å². The zero-order chi connectivity index (χ0) is 16.1. The number of aryl methyl sites for hydroxylation is 1. The van der Waals surface area contributed by atoms with Crippen molar-refractivity contribution in [2.45, 2.75) is 52.0 Å². The molecule has 1 saturated carbocycles. The Labute approximate surface area is 138 Å². The van der Waals surface area contributed by atoms with Crippen molar-refractivity contribution in [1.29, 1.82) is 0 Å². The molecule has 1 fully saturated rings. The molecule has 4 nitrogen and oxygen atoms in total. The Bertz CT molecular complexity index is 665. The minimum absolute atomic E-state index is 0.600. The van der Waals surface area contributed by atoms with Crippen molar-refractivity contribution < 1.29 is 0 Å². The van der Waals surface area contributed by atoms with Gasteiger partial charge < -0.3 is 15.6 Å².